The van der Waals surface area contributed by atoms with E-state index < -0.39 is 0 Å². The van der Waals surface area contributed by atoms with Crippen molar-refractivity contribution in [1.82, 2.24) is 0 Å². The lowest BCUT2D eigenvalue weighted by Gasteiger charge is -2.42. The normalized spacial score (nSPS) is 32.4. The molecule has 4 fully saturated rings. The summed E-state index contributed by atoms with van der Waals surface area (Å²) < 4.78 is 23.8. The quantitative estimate of drug-likeness (QED) is 0.229. The van der Waals surface area contributed by atoms with Crippen molar-refractivity contribution in [2.45, 2.75) is 111 Å². The average molecular weight is 493 g/mol. The summed E-state index contributed by atoms with van der Waals surface area (Å²) in [6.07, 6.45) is 15.4. The molecular formula is C31H56O4. The van der Waals surface area contributed by atoms with E-state index in [1.54, 1.807) is 0 Å². The molecule has 0 aromatic rings. The van der Waals surface area contributed by atoms with Crippen LogP contribution in [0, 0.1) is 47.3 Å². The van der Waals surface area contributed by atoms with Crippen molar-refractivity contribution in [3.8, 4) is 0 Å². The van der Waals surface area contributed by atoms with E-state index in [9.17, 15) is 0 Å². The molecule has 0 bridgehead atoms. The molecule has 4 aliphatic heterocycles. The first kappa shape index (κ1) is 27.9. The number of ether oxygens (including phenoxy) is 4. The third kappa shape index (κ3) is 7.91. The molecule has 4 aliphatic rings. The fourth-order valence-electron chi connectivity index (χ4n) is 7.46. The highest BCUT2D eigenvalue weighted by molar-refractivity contribution is 4.87. The summed E-state index contributed by atoms with van der Waals surface area (Å²) in [6.45, 7) is 15.7. The van der Waals surface area contributed by atoms with Crippen molar-refractivity contribution < 1.29 is 18.9 Å². The summed E-state index contributed by atoms with van der Waals surface area (Å²) in [6, 6.07) is 0. The van der Waals surface area contributed by atoms with Crippen LogP contribution in [0.3, 0.4) is 0 Å². The van der Waals surface area contributed by atoms with Gasteiger partial charge in [0.15, 0.2) is 0 Å². The molecule has 0 N–H and O–H groups in total. The molecule has 0 aromatic carbocycles. The van der Waals surface area contributed by atoms with Crippen molar-refractivity contribution in [1.29, 1.82) is 0 Å². The van der Waals surface area contributed by atoms with E-state index in [0.717, 1.165) is 75.1 Å². The summed E-state index contributed by atoms with van der Waals surface area (Å²) in [4.78, 5) is 0. The van der Waals surface area contributed by atoms with E-state index in [1.807, 2.05) is 0 Å². The molecular weight excluding hydrogens is 436 g/mol. The van der Waals surface area contributed by atoms with Crippen LogP contribution in [-0.4, -0.2) is 51.8 Å². The zero-order chi connectivity index (χ0) is 24.6. The first-order valence-corrected chi connectivity index (χ1v) is 15.4. The molecule has 9 atom stereocenters. The fourth-order valence-corrected chi connectivity index (χ4v) is 7.46. The molecule has 4 heteroatoms. The van der Waals surface area contributed by atoms with Gasteiger partial charge in [0, 0.05) is 32.3 Å². The van der Waals surface area contributed by atoms with Gasteiger partial charge < -0.3 is 18.9 Å². The molecule has 4 heterocycles. The largest absolute Gasteiger partial charge is 0.381 e. The Kier molecular flexibility index (Phi) is 11.2. The maximum absolute atomic E-state index is 6.16. The van der Waals surface area contributed by atoms with Crippen molar-refractivity contribution >= 4 is 0 Å². The van der Waals surface area contributed by atoms with Crippen LogP contribution in [0.25, 0.3) is 0 Å². The van der Waals surface area contributed by atoms with E-state index in [4.69, 9.17) is 18.9 Å². The van der Waals surface area contributed by atoms with Crippen LogP contribution in [0.5, 0.6) is 0 Å². The topological polar surface area (TPSA) is 36.9 Å². The number of rotatable bonds is 16. The molecule has 0 amide bonds. The number of hydrogen-bond donors (Lipinski definition) is 0. The first-order valence-electron chi connectivity index (χ1n) is 15.4. The van der Waals surface area contributed by atoms with E-state index in [-0.39, 0.29) is 0 Å². The number of unbranched alkanes of at least 4 members (excludes halogenated alkanes) is 1. The monoisotopic (exact) mass is 492 g/mol. The van der Waals surface area contributed by atoms with Gasteiger partial charge in [-0.1, -0.05) is 47.0 Å². The van der Waals surface area contributed by atoms with Gasteiger partial charge in [0.05, 0.1) is 25.4 Å². The second-order valence-electron chi connectivity index (χ2n) is 13.0. The van der Waals surface area contributed by atoms with E-state index in [1.165, 1.54) is 70.6 Å². The Morgan fingerprint density at radius 2 is 1.40 bits per heavy atom. The van der Waals surface area contributed by atoms with E-state index in [0.29, 0.717) is 24.0 Å². The molecule has 9 unspecified atom stereocenters. The van der Waals surface area contributed by atoms with Gasteiger partial charge in [-0.15, -0.1) is 0 Å². The maximum atomic E-state index is 6.16. The molecule has 35 heavy (non-hydrogen) atoms. The molecule has 4 rings (SSSR count). The van der Waals surface area contributed by atoms with E-state index in [2.05, 4.69) is 27.7 Å². The average Bonchev–Trinajstić information content (AvgIpc) is 3.48. The van der Waals surface area contributed by atoms with Gasteiger partial charge in [-0.25, -0.2) is 0 Å². The standard InChI is InChI=1S/C31H56O4/c1-5-6-8-22(2)26(18-28(31-11-14-35-31)15-23(3)29-20-33-21-29)17-27(25-10-13-32-19-25)16-24(4)30-9-7-12-34-30/h22-31H,5-21H2,1-4H3. The molecule has 0 aliphatic carbocycles. The SMILES string of the molecule is CCCCC(C)C(CC(CC(C)C1CCCO1)C1CCOC1)CC(CC(C)C1COC1)C1CCO1. The number of hydrogen-bond acceptors (Lipinski definition) is 4. The Balaban J connectivity index is 1.44. The molecule has 0 spiro atoms. The van der Waals surface area contributed by atoms with E-state index >= 15 is 0 Å². The Labute approximate surface area is 216 Å². The second kappa shape index (κ2) is 14.1. The minimum atomic E-state index is 0.484. The molecule has 4 nitrogen and oxygen atoms in total. The van der Waals surface area contributed by atoms with Gasteiger partial charge in [-0.2, -0.15) is 0 Å². The predicted octanol–water partition coefficient (Wildman–Crippen LogP) is 7.14. The van der Waals surface area contributed by atoms with Crippen molar-refractivity contribution in [3.63, 3.8) is 0 Å². The van der Waals surface area contributed by atoms with Crippen LogP contribution < -0.4 is 0 Å². The van der Waals surface area contributed by atoms with Gasteiger partial charge in [0.25, 0.3) is 0 Å². The highest BCUT2D eigenvalue weighted by Gasteiger charge is 2.38. The van der Waals surface area contributed by atoms with Gasteiger partial charge in [-0.3, -0.25) is 0 Å². The zero-order valence-corrected chi connectivity index (χ0v) is 23.4. The molecule has 0 radical (unpaired) electrons. The lowest BCUT2D eigenvalue weighted by Crippen LogP contribution is -2.40. The van der Waals surface area contributed by atoms with Gasteiger partial charge >= 0.3 is 0 Å². The fraction of sp³-hybridized carbons (Fsp3) is 1.00. The molecule has 0 saturated carbocycles. The summed E-state index contributed by atoms with van der Waals surface area (Å²) in [5, 5.41) is 0. The lowest BCUT2D eigenvalue weighted by molar-refractivity contribution is -0.109. The Hall–Kier alpha value is -0.160. The first-order chi connectivity index (χ1) is 17.0. The molecule has 0 aromatic heterocycles. The van der Waals surface area contributed by atoms with Crippen LogP contribution in [0.2, 0.25) is 0 Å². The molecule has 204 valence electrons. The second-order valence-corrected chi connectivity index (χ2v) is 13.0. The van der Waals surface area contributed by atoms with Crippen LogP contribution in [0.4, 0.5) is 0 Å². The lowest BCUT2D eigenvalue weighted by atomic mass is 9.69. The highest BCUT2D eigenvalue weighted by atomic mass is 16.5. The Morgan fingerprint density at radius 1 is 0.686 bits per heavy atom. The summed E-state index contributed by atoms with van der Waals surface area (Å²) in [5.41, 5.74) is 0. The summed E-state index contributed by atoms with van der Waals surface area (Å²) in [7, 11) is 0. The predicted molar refractivity (Wildman–Crippen MR) is 143 cm³/mol. The Morgan fingerprint density at radius 3 is 1.97 bits per heavy atom. The van der Waals surface area contributed by atoms with Gasteiger partial charge in [0.2, 0.25) is 0 Å². The third-order valence-corrected chi connectivity index (χ3v) is 10.3. The van der Waals surface area contributed by atoms with Gasteiger partial charge in [0.1, 0.15) is 0 Å². The third-order valence-electron chi connectivity index (χ3n) is 10.3. The summed E-state index contributed by atoms with van der Waals surface area (Å²) in [5.74, 6) is 6.00. The highest BCUT2D eigenvalue weighted by Crippen LogP contribution is 2.43. The zero-order valence-electron chi connectivity index (χ0n) is 23.4. The van der Waals surface area contributed by atoms with Crippen molar-refractivity contribution in [3.05, 3.63) is 0 Å². The van der Waals surface area contributed by atoms with Crippen molar-refractivity contribution in [2.24, 2.45) is 47.3 Å². The maximum Gasteiger partial charge on any atom is 0.0625 e. The minimum absolute atomic E-state index is 0.484. The van der Waals surface area contributed by atoms with Crippen LogP contribution in [0.1, 0.15) is 98.3 Å². The minimum Gasteiger partial charge on any atom is -0.381 e. The van der Waals surface area contributed by atoms with Gasteiger partial charge in [-0.05, 0) is 92.8 Å². The van der Waals surface area contributed by atoms with Crippen LogP contribution in [0.15, 0.2) is 0 Å². The smallest absolute Gasteiger partial charge is 0.0625 e. The van der Waals surface area contributed by atoms with Crippen molar-refractivity contribution in [2.75, 3.05) is 39.6 Å². The Bertz CT molecular complexity index is 577. The van der Waals surface area contributed by atoms with Crippen LogP contribution >= 0.6 is 0 Å². The molecule has 4 saturated heterocycles. The van der Waals surface area contributed by atoms with Crippen LogP contribution in [-0.2, 0) is 18.9 Å². The summed E-state index contributed by atoms with van der Waals surface area (Å²) >= 11 is 0.